The molecular weight excluding hydrogens is 332 g/mol. The van der Waals surface area contributed by atoms with Crippen molar-refractivity contribution in [1.82, 2.24) is 10.6 Å². The van der Waals surface area contributed by atoms with Crippen LogP contribution in [0.2, 0.25) is 0 Å². The number of carbonyl (C=O) groups excluding carboxylic acids is 3. The first-order valence-electron chi connectivity index (χ1n) is 5.42. The van der Waals surface area contributed by atoms with Gasteiger partial charge in [0.25, 0.3) is 5.91 Å². The highest BCUT2D eigenvalue weighted by Gasteiger charge is 2.23. The highest BCUT2D eigenvalue weighted by molar-refractivity contribution is 9.10. The smallest absolute Gasteiger partial charge is 0.326 e. The minimum Gasteiger partial charge on any atom is -0.546 e. The number of carboxylic acids is 1. The lowest BCUT2D eigenvalue weighted by atomic mass is 10.1. The van der Waals surface area contributed by atoms with Crippen LogP contribution in [0, 0.1) is 0 Å². The van der Waals surface area contributed by atoms with Crippen molar-refractivity contribution in [2.45, 2.75) is 0 Å². The van der Waals surface area contributed by atoms with Gasteiger partial charge in [0, 0.05) is 10.0 Å². The normalized spacial score (nSPS) is 15.9. The molecule has 8 heteroatoms. The molecule has 0 bridgehead atoms. The van der Waals surface area contributed by atoms with Crippen LogP contribution in [0.3, 0.4) is 0 Å². The molecule has 1 heterocycles. The molecule has 7 nitrogen and oxygen atoms in total. The van der Waals surface area contributed by atoms with Gasteiger partial charge in [-0.05, 0) is 24.3 Å². The number of rotatable bonds is 4. The Hall–Kier alpha value is -2.35. The van der Waals surface area contributed by atoms with E-state index in [2.05, 4.69) is 26.6 Å². The molecule has 0 atom stereocenters. The third-order valence-electron chi connectivity index (χ3n) is 2.34. The van der Waals surface area contributed by atoms with Crippen LogP contribution >= 0.6 is 15.9 Å². The maximum Gasteiger partial charge on any atom is 0.326 e. The SMILES string of the molecule is O=C([O-])COc1ccc(Br)cc1/C=C1\NC(=O)NC1=O. The Labute approximate surface area is 121 Å². The van der Waals surface area contributed by atoms with Crippen LogP contribution < -0.4 is 20.5 Å². The fourth-order valence-corrected chi connectivity index (χ4v) is 1.92. The second kappa shape index (κ2) is 5.74. The molecule has 0 spiro atoms. The first kappa shape index (κ1) is 14.1. The number of ether oxygens (including phenoxy) is 1. The highest BCUT2D eigenvalue weighted by atomic mass is 79.9. The summed E-state index contributed by atoms with van der Waals surface area (Å²) in [6.45, 7) is -0.615. The van der Waals surface area contributed by atoms with Gasteiger partial charge in [0.05, 0.1) is 5.97 Å². The monoisotopic (exact) mass is 339 g/mol. The Balaban J connectivity index is 2.32. The lowest BCUT2D eigenvalue weighted by Gasteiger charge is -2.10. The summed E-state index contributed by atoms with van der Waals surface area (Å²) in [5.41, 5.74) is 0.486. The lowest BCUT2D eigenvalue weighted by Crippen LogP contribution is -2.29. The van der Waals surface area contributed by atoms with E-state index in [0.29, 0.717) is 10.0 Å². The molecule has 104 valence electrons. The topological polar surface area (TPSA) is 108 Å². The molecule has 1 fully saturated rings. The summed E-state index contributed by atoms with van der Waals surface area (Å²) in [6.07, 6.45) is 1.38. The molecule has 1 aliphatic heterocycles. The lowest BCUT2D eigenvalue weighted by molar-refractivity contribution is -0.307. The maximum absolute atomic E-state index is 11.4. The Bertz CT molecular complexity index is 626. The molecule has 2 N–H and O–H groups in total. The molecular formula is C12H8BrN2O5-. The van der Waals surface area contributed by atoms with Crippen LogP contribution in [0.1, 0.15) is 5.56 Å². The molecule has 1 aromatic carbocycles. The molecule has 0 unspecified atom stereocenters. The Kier molecular flexibility index (Phi) is 4.04. The molecule has 2 rings (SSSR count). The standard InChI is InChI=1S/C12H9BrN2O5/c13-7-1-2-9(20-5-10(16)17)6(3-7)4-8-11(18)15-12(19)14-8/h1-4H,5H2,(H,16,17)(H2,14,15,18,19)/p-1/b8-4-. The van der Waals surface area contributed by atoms with E-state index < -0.39 is 24.5 Å². The molecule has 1 aliphatic rings. The van der Waals surface area contributed by atoms with Crippen molar-refractivity contribution in [2.75, 3.05) is 6.61 Å². The minimum atomic E-state index is -1.36. The van der Waals surface area contributed by atoms with Crippen molar-refractivity contribution in [3.8, 4) is 5.75 Å². The average molecular weight is 340 g/mol. The van der Waals surface area contributed by atoms with Crippen LogP contribution in [0.4, 0.5) is 4.79 Å². The van der Waals surface area contributed by atoms with Gasteiger partial charge in [0.2, 0.25) is 0 Å². The molecule has 3 amide bonds. The largest absolute Gasteiger partial charge is 0.546 e. The number of amides is 3. The maximum atomic E-state index is 11.4. The van der Waals surface area contributed by atoms with Gasteiger partial charge < -0.3 is 20.0 Å². The zero-order valence-corrected chi connectivity index (χ0v) is 11.5. The number of carbonyl (C=O) groups is 3. The molecule has 0 aromatic heterocycles. The third kappa shape index (κ3) is 3.35. The van der Waals surface area contributed by atoms with Crippen molar-refractivity contribution >= 4 is 39.9 Å². The van der Waals surface area contributed by atoms with E-state index in [0.717, 1.165) is 0 Å². The fraction of sp³-hybridized carbons (Fsp3) is 0.0833. The second-order valence-corrected chi connectivity index (χ2v) is 4.72. The van der Waals surface area contributed by atoms with Crippen LogP contribution in [0.15, 0.2) is 28.4 Å². The zero-order valence-electron chi connectivity index (χ0n) is 9.94. The number of halogens is 1. The summed E-state index contributed by atoms with van der Waals surface area (Å²) < 4.78 is 5.76. The number of aliphatic carboxylic acids is 1. The molecule has 0 saturated carbocycles. The number of carboxylic acid groups (broad SMARTS) is 1. The average Bonchev–Trinajstić information content (AvgIpc) is 2.66. The van der Waals surface area contributed by atoms with E-state index in [9.17, 15) is 19.5 Å². The van der Waals surface area contributed by atoms with Gasteiger partial charge in [-0.1, -0.05) is 15.9 Å². The quantitative estimate of drug-likeness (QED) is 0.581. The van der Waals surface area contributed by atoms with Crippen LogP contribution in [-0.4, -0.2) is 24.5 Å². The fourth-order valence-electron chi connectivity index (χ4n) is 1.54. The Morgan fingerprint density at radius 1 is 1.35 bits per heavy atom. The number of imide groups is 1. The predicted octanol–water partition coefficient (Wildman–Crippen LogP) is -0.242. The molecule has 1 saturated heterocycles. The number of benzene rings is 1. The first-order valence-corrected chi connectivity index (χ1v) is 6.21. The number of nitrogens with one attached hydrogen (secondary N) is 2. The van der Waals surface area contributed by atoms with Crippen molar-refractivity contribution < 1.29 is 24.2 Å². The summed E-state index contributed by atoms with van der Waals surface area (Å²) in [6, 6.07) is 4.19. The summed E-state index contributed by atoms with van der Waals surface area (Å²) >= 11 is 3.25. The van der Waals surface area contributed by atoms with E-state index in [1.165, 1.54) is 12.1 Å². The summed E-state index contributed by atoms with van der Waals surface area (Å²) in [4.78, 5) is 32.9. The van der Waals surface area contributed by atoms with Gasteiger partial charge in [-0.2, -0.15) is 0 Å². The molecule has 1 aromatic rings. The van der Waals surface area contributed by atoms with Gasteiger partial charge in [0.15, 0.2) is 0 Å². The van der Waals surface area contributed by atoms with E-state index in [1.807, 2.05) is 0 Å². The van der Waals surface area contributed by atoms with Gasteiger partial charge in [0.1, 0.15) is 18.1 Å². The van der Waals surface area contributed by atoms with Crippen molar-refractivity contribution in [2.24, 2.45) is 0 Å². The van der Waals surface area contributed by atoms with E-state index in [4.69, 9.17) is 4.74 Å². The molecule has 0 radical (unpaired) electrons. The van der Waals surface area contributed by atoms with Gasteiger partial charge >= 0.3 is 6.03 Å². The number of urea groups is 1. The van der Waals surface area contributed by atoms with Crippen molar-refractivity contribution in [3.63, 3.8) is 0 Å². The molecule has 0 aliphatic carbocycles. The summed E-state index contributed by atoms with van der Waals surface area (Å²) in [5, 5.41) is 14.8. The van der Waals surface area contributed by atoms with Crippen LogP contribution in [0.5, 0.6) is 5.75 Å². The summed E-state index contributed by atoms with van der Waals surface area (Å²) in [7, 11) is 0. The Morgan fingerprint density at radius 3 is 2.70 bits per heavy atom. The van der Waals surface area contributed by atoms with Crippen LogP contribution in [0.25, 0.3) is 6.08 Å². The van der Waals surface area contributed by atoms with Crippen molar-refractivity contribution in [3.05, 3.63) is 33.9 Å². The minimum absolute atomic E-state index is 0.0476. The van der Waals surface area contributed by atoms with E-state index in [1.54, 1.807) is 12.1 Å². The third-order valence-corrected chi connectivity index (χ3v) is 2.83. The number of hydrogen-bond donors (Lipinski definition) is 2. The van der Waals surface area contributed by atoms with Crippen LogP contribution in [-0.2, 0) is 9.59 Å². The van der Waals surface area contributed by atoms with E-state index >= 15 is 0 Å². The first-order chi connectivity index (χ1) is 9.45. The van der Waals surface area contributed by atoms with Gasteiger partial charge in [-0.3, -0.25) is 10.1 Å². The van der Waals surface area contributed by atoms with Crippen molar-refractivity contribution in [1.29, 1.82) is 0 Å². The Morgan fingerprint density at radius 2 is 2.10 bits per heavy atom. The van der Waals surface area contributed by atoms with Gasteiger partial charge in [-0.15, -0.1) is 0 Å². The molecule has 20 heavy (non-hydrogen) atoms. The number of hydrogen-bond acceptors (Lipinski definition) is 5. The highest BCUT2D eigenvalue weighted by Crippen LogP contribution is 2.25. The zero-order chi connectivity index (χ0) is 14.7. The van der Waals surface area contributed by atoms with E-state index in [-0.39, 0.29) is 11.4 Å². The second-order valence-electron chi connectivity index (χ2n) is 3.81. The summed E-state index contributed by atoms with van der Waals surface area (Å²) in [5.74, 6) is -1.68. The predicted molar refractivity (Wildman–Crippen MR) is 69.3 cm³/mol. The van der Waals surface area contributed by atoms with Gasteiger partial charge in [-0.25, -0.2) is 4.79 Å².